The molecule has 23 heavy (non-hydrogen) atoms. The molecule has 2 saturated heterocycles. The summed E-state index contributed by atoms with van der Waals surface area (Å²) in [5, 5.41) is 5.75. The van der Waals surface area contributed by atoms with Crippen molar-refractivity contribution in [3.63, 3.8) is 0 Å². The lowest BCUT2D eigenvalue weighted by molar-refractivity contribution is -0.156. The molecule has 2 aliphatic rings. The van der Waals surface area contributed by atoms with Crippen LogP contribution in [0.25, 0.3) is 0 Å². The summed E-state index contributed by atoms with van der Waals surface area (Å²) >= 11 is 0. The number of amides is 2. The highest BCUT2D eigenvalue weighted by Crippen LogP contribution is 2.32. The zero-order valence-electron chi connectivity index (χ0n) is 13.3. The molecule has 2 heterocycles. The highest BCUT2D eigenvalue weighted by Gasteiger charge is 2.44. The van der Waals surface area contributed by atoms with Gasteiger partial charge in [0.15, 0.2) is 0 Å². The third-order valence-corrected chi connectivity index (χ3v) is 4.55. The van der Waals surface area contributed by atoms with Crippen molar-refractivity contribution >= 4 is 23.2 Å². The lowest BCUT2D eigenvalue weighted by Gasteiger charge is -2.38. The summed E-state index contributed by atoms with van der Waals surface area (Å²) in [6, 6.07) is 7.12. The van der Waals surface area contributed by atoms with Gasteiger partial charge < -0.3 is 20.1 Å². The number of hydrogen-bond acceptors (Lipinski definition) is 4. The third kappa shape index (κ3) is 3.38. The second-order valence-electron chi connectivity index (χ2n) is 6.15. The average Bonchev–Trinajstić information content (AvgIpc) is 3.03. The van der Waals surface area contributed by atoms with E-state index in [0.717, 1.165) is 19.3 Å². The molecule has 2 amide bonds. The summed E-state index contributed by atoms with van der Waals surface area (Å²) in [5.41, 5.74) is 1.01. The van der Waals surface area contributed by atoms with E-state index in [2.05, 4.69) is 10.6 Å². The van der Waals surface area contributed by atoms with Crippen LogP contribution in [0, 0.1) is 5.41 Å². The molecule has 1 atom stereocenters. The Bertz CT molecular complexity index is 569. The maximum Gasteiger partial charge on any atom is 0.253 e. The van der Waals surface area contributed by atoms with Crippen LogP contribution in [0.4, 0.5) is 11.4 Å². The van der Waals surface area contributed by atoms with Gasteiger partial charge >= 0.3 is 0 Å². The first-order valence-corrected chi connectivity index (χ1v) is 8.05. The Kier molecular flexibility index (Phi) is 4.63. The molecule has 2 fully saturated rings. The molecule has 6 heteroatoms. The normalized spacial score (nSPS) is 22.2. The van der Waals surface area contributed by atoms with Gasteiger partial charge in [-0.2, -0.15) is 0 Å². The van der Waals surface area contributed by atoms with Gasteiger partial charge in [0.1, 0.15) is 6.10 Å². The van der Waals surface area contributed by atoms with Gasteiger partial charge in [0.05, 0.1) is 18.6 Å². The standard InChI is InChI=1S/C17H22N2O4/c1-2-17(10-22-11-17)16(21)19-13-7-5-12(6-8-13)18-15(20)14-4-3-9-23-14/h5-8,14H,2-4,9-11H2,1H3,(H,18,20)(H,19,21)/t14-/m0/s1. The smallest absolute Gasteiger partial charge is 0.253 e. The predicted molar refractivity (Wildman–Crippen MR) is 86.2 cm³/mol. The number of benzene rings is 1. The van der Waals surface area contributed by atoms with Gasteiger partial charge in [0.2, 0.25) is 5.91 Å². The van der Waals surface area contributed by atoms with Crippen LogP contribution in [0.5, 0.6) is 0 Å². The molecule has 124 valence electrons. The number of rotatable bonds is 5. The molecule has 1 aromatic rings. The van der Waals surface area contributed by atoms with E-state index in [0.29, 0.717) is 31.2 Å². The van der Waals surface area contributed by atoms with Crippen molar-refractivity contribution in [1.82, 2.24) is 0 Å². The fraction of sp³-hybridized carbons (Fsp3) is 0.529. The Balaban J connectivity index is 1.56. The Labute approximate surface area is 135 Å². The predicted octanol–water partition coefficient (Wildman–Crippen LogP) is 2.17. The maximum atomic E-state index is 12.3. The number of carbonyl (C=O) groups is 2. The molecule has 0 bridgehead atoms. The van der Waals surface area contributed by atoms with Crippen LogP contribution in [0.3, 0.4) is 0 Å². The number of carbonyl (C=O) groups excluding carboxylic acids is 2. The van der Waals surface area contributed by atoms with E-state index in [-0.39, 0.29) is 17.9 Å². The fourth-order valence-electron chi connectivity index (χ4n) is 2.75. The topological polar surface area (TPSA) is 76.7 Å². The zero-order chi connectivity index (χ0) is 16.3. The Morgan fingerprint density at radius 1 is 1.17 bits per heavy atom. The zero-order valence-corrected chi connectivity index (χ0v) is 13.3. The Morgan fingerprint density at radius 2 is 1.83 bits per heavy atom. The molecular formula is C17H22N2O4. The minimum Gasteiger partial charge on any atom is -0.379 e. The molecule has 6 nitrogen and oxygen atoms in total. The SMILES string of the molecule is CCC1(C(=O)Nc2ccc(NC(=O)[C@@H]3CCCO3)cc2)COC1. The van der Waals surface area contributed by atoms with Gasteiger partial charge in [-0.25, -0.2) is 0 Å². The molecule has 0 aliphatic carbocycles. The van der Waals surface area contributed by atoms with Crippen molar-refractivity contribution in [1.29, 1.82) is 0 Å². The molecule has 1 aromatic carbocycles. The van der Waals surface area contributed by atoms with Gasteiger partial charge in [-0.3, -0.25) is 9.59 Å². The maximum absolute atomic E-state index is 12.3. The molecule has 0 aromatic heterocycles. The monoisotopic (exact) mass is 318 g/mol. The number of ether oxygens (including phenoxy) is 2. The summed E-state index contributed by atoms with van der Waals surface area (Å²) in [5.74, 6) is -0.127. The van der Waals surface area contributed by atoms with Crippen LogP contribution in [0.1, 0.15) is 26.2 Å². The number of nitrogens with one attached hydrogen (secondary N) is 2. The van der Waals surface area contributed by atoms with E-state index in [1.807, 2.05) is 6.92 Å². The third-order valence-electron chi connectivity index (χ3n) is 4.55. The summed E-state index contributed by atoms with van der Waals surface area (Å²) in [6.45, 7) is 3.59. The molecule has 0 saturated carbocycles. The molecule has 2 aliphatic heterocycles. The highest BCUT2D eigenvalue weighted by molar-refractivity contribution is 5.97. The van der Waals surface area contributed by atoms with Gasteiger partial charge in [0.25, 0.3) is 5.91 Å². The van der Waals surface area contributed by atoms with Crippen molar-refractivity contribution in [2.45, 2.75) is 32.3 Å². The first-order valence-electron chi connectivity index (χ1n) is 8.05. The minimum atomic E-state index is -0.396. The molecular weight excluding hydrogens is 296 g/mol. The van der Waals surface area contributed by atoms with Crippen LogP contribution in [0.15, 0.2) is 24.3 Å². The summed E-state index contributed by atoms with van der Waals surface area (Å²) < 4.78 is 10.5. The number of hydrogen-bond donors (Lipinski definition) is 2. The first kappa shape index (κ1) is 16.0. The van der Waals surface area contributed by atoms with Gasteiger partial charge in [0, 0.05) is 18.0 Å². The second kappa shape index (κ2) is 6.68. The van der Waals surface area contributed by atoms with Crippen molar-refractivity contribution in [2.24, 2.45) is 5.41 Å². The average molecular weight is 318 g/mol. The van der Waals surface area contributed by atoms with Crippen LogP contribution in [0.2, 0.25) is 0 Å². The summed E-state index contributed by atoms with van der Waals surface area (Å²) in [4.78, 5) is 24.3. The van der Waals surface area contributed by atoms with Crippen LogP contribution < -0.4 is 10.6 Å². The van der Waals surface area contributed by atoms with Crippen LogP contribution >= 0.6 is 0 Å². The largest absolute Gasteiger partial charge is 0.379 e. The lowest BCUT2D eigenvalue weighted by Crippen LogP contribution is -2.51. The number of anilines is 2. The highest BCUT2D eigenvalue weighted by atomic mass is 16.5. The minimum absolute atomic E-state index is 0.0117. The van der Waals surface area contributed by atoms with E-state index >= 15 is 0 Å². The lowest BCUT2D eigenvalue weighted by atomic mass is 9.82. The van der Waals surface area contributed by atoms with E-state index in [1.165, 1.54) is 0 Å². The molecule has 0 unspecified atom stereocenters. The van der Waals surface area contributed by atoms with Crippen LogP contribution in [-0.2, 0) is 19.1 Å². The van der Waals surface area contributed by atoms with Crippen molar-refractivity contribution in [2.75, 3.05) is 30.5 Å². The van der Waals surface area contributed by atoms with E-state index < -0.39 is 5.41 Å². The van der Waals surface area contributed by atoms with Gasteiger partial charge in [-0.05, 0) is 43.5 Å². The van der Waals surface area contributed by atoms with Gasteiger partial charge in [-0.15, -0.1) is 0 Å². The molecule has 0 radical (unpaired) electrons. The summed E-state index contributed by atoms with van der Waals surface area (Å²) in [6.07, 6.45) is 2.10. The first-order chi connectivity index (χ1) is 11.1. The van der Waals surface area contributed by atoms with Crippen molar-refractivity contribution in [3.8, 4) is 0 Å². The van der Waals surface area contributed by atoms with Crippen molar-refractivity contribution < 1.29 is 19.1 Å². The van der Waals surface area contributed by atoms with E-state index in [9.17, 15) is 9.59 Å². The molecule has 0 spiro atoms. The summed E-state index contributed by atoms with van der Waals surface area (Å²) in [7, 11) is 0. The van der Waals surface area contributed by atoms with Crippen LogP contribution in [-0.4, -0.2) is 37.7 Å². The van der Waals surface area contributed by atoms with E-state index in [1.54, 1.807) is 24.3 Å². The molecule has 2 N–H and O–H groups in total. The second-order valence-corrected chi connectivity index (χ2v) is 6.15. The fourth-order valence-corrected chi connectivity index (χ4v) is 2.75. The Hall–Kier alpha value is -1.92. The van der Waals surface area contributed by atoms with Crippen molar-refractivity contribution in [3.05, 3.63) is 24.3 Å². The van der Waals surface area contributed by atoms with E-state index in [4.69, 9.17) is 9.47 Å². The Morgan fingerprint density at radius 3 is 2.30 bits per heavy atom. The van der Waals surface area contributed by atoms with Gasteiger partial charge in [-0.1, -0.05) is 6.92 Å². The molecule has 3 rings (SSSR count). The quantitative estimate of drug-likeness (QED) is 0.872.